The summed E-state index contributed by atoms with van der Waals surface area (Å²) in [5, 5.41) is 1.06. The molecule has 0 heterocycles. The van der Waals surface area contributed by atoms with Gasteiger partial charge in [0.05, 0.1) is 22.0 Å². The van der Waals surface area contributed by atoms with Crippen LogP contribution in [0.1, 0.15) is 0 Å². The lowest BCUT2D eigenvalue weighted by Gasteiger charge is -2.05. The summed E-state index contributed by atoms with van der Waals surface area (Å²) in [6.07, 6.45) is 2.78. The van der Waals surface area contributed by atoms with Gasteiger partial charge in [0.15, 0.2) is 5.17 Å². The predicted octanol–water partition coefficient (Wildman–Crippen LogP) is 2.89. The minimum absolute atomic E-state index is 0.269. The smallest absolute Gasteiger partial charge is 0.231 e. The minimum atomic E-state index is -3.33. The predicted molar refractivity (Wildman–Crippen MR) is 75.1 cm³/mol. The molecule has 0 spiro atoms. The zero-order chi connectivity index (χ0) is 13.1. The van der Waals surface area contributed by atoms with E-state index in [1.165, 1.54) is 11.8 Å². The third-order valence-corrected chi connectivity index (χ3v) is 3.61. The largest absolute Gasteiger partial charge is 0.262 e. The molecule has 1 aromatic carbocycles. The molecule has 8 heteroatoms. The highest BCUT2D eigenvalue weighted by Gasteiger charge is 2.06. The maximum atomic E-state index is 11.1. The van der Waals surface area contributed by atoms with Crippen LogP contribution in [-0.2, 0) is 10.0 Å². The van der Waals surface area contributed by atoms with E-state index in [9.17, 15) is 8.42 Å². The fourth-order valence-electron chi connectivity index (χ4n) is 0.941. The number of aliphatic imine (C=N–C) groups is 1. The highest BCUT2D eigenvalue weighted by molar-refractivity contribution is 8.14. The average Bonchev–Trinajstić information content (AvgIpc) is 2.20. The van der Waals surface area contributed by atoms with Crippen LogP contribution in [0.4, 0.5) is 5.69 Å². The van der Waals surface area contributed by atoms with Crippen molar-refractivity contribution in [3.8, 4) is 0 Å². The molecule has 0 aliphatic rings. The SMILES string of the molecule is CS/C(=N\c1ccc(Cl)c(Cl)c1)NS(C)(=O)=O. The second kappa shape index (κ2) is 5.95. The lowest BCUT2D eigenvalue weighted by atomic mass is 10.3. The highest BCUT2D eigenvalue weighted by atomic mass is 35.5. The Kier molecular flexibility index (Phi) is 5.12. The first-order chi connectivity index (χ1) is 7.81. The molecule has 1 rings (SSSR count). The quantitative estimate of drug-likeness (QED) is 0.674. The summed E-state index contributed by atoms with van der Waals surface area (Å²) >= 11 is 12.8. The van der Waals surface area contributed by atoms with Crippen molar-refractivity contribution in [1.29, 1.82) is 0 Å². The molecule has 94 valence electrons. The van der Waals surface area contributed by atoms with E-state index in [0.717, 1.165) is 6.26 Å². The number of benzene rings is 1. The summed E-state index contributed by atoms with van der Waals surface area (Å²) in [7, 11) is -3.33. The Labute approximate surface area is 114 Å². The van der Waals surface area contributed by atoms with Crippen LogP contribution in [0.25, 0.3) is 0 Å². The molecule has 0 unspecified atom stereocenters. The zero-order valence-electron chi connectivity index (χ0n) is 9.07. The van der Waals surface area contributed by atoms with Crippen molar-refractivity contribution in [3.05, 3.63) is 28.2 Å². The molecule has 0 bridgehead atoms. The molecule has 1 N–H and O–H groups in total. The average molecular weight is 313 g/mol. The summed E-state index contributed by atoms with van der Waals surface area (Å²) in [4.78, 5) is 4.11. The molecule has 0 aromatic heterocycles. The van der Waals surface area contributed by atoms with Gasteiger partial charge >= 0.3 is 0 Å². The van der Waals surface area contributed by atoms with E-state index in [1.807, 2.05) is 0 Å². The van der Waals surface area contributed by atoms with E-state index < -0.39 is 10.0 Å². The van der Waals surface area contributed by atoms with Gasteiger partial charge in [0.1, 0.15) is 0 Å². The molecule has 0 radical (unpaired) electrons. The lowest BCUT2D eigenvalue weighted by Crippen LogP contribution is -2.26. The van der Waals surface area contributed by atoms with Gasteiger partial charge in [-0.05, 0) is 24.5 Å². The number of amidine groups is 1. The van der Waals surface area contributed by atoms with E-state index in [-0.39, 0.29) is 5.17 Å². The summed E-state index contributed by atoms with van der Waals surface area (Å²) < 4.78 is 24.4. The van der Waals surface area contributed by atoms with Gasteiger partial charge in [-0.1, -0.05) is 35.0 Å². The number of halogens is 2. The fourth-order valence-corrected chi connectivity index (χ4v) is 2.58. The van der Waals surface area contributed by atoms with Crippen LogP contribution >= 0.6 is 35.0 Å². The van der Waals surface area contributed by atoms with Crippen LogP contribution in [0.15, 0.2) is 23.2 Å². The van der Waals surface area contributed by atoms with Crippen LogP contribution in [0.2, 0.25) is 10.0 Å². The molecule has 0 atom stereocenters. The Hall–Kier alpha value is -0.430. The molecule has 1 aromatic rings. The van der Waals surface area contributed by atoms with E-state index in [2.05, 4.69) is 9.71 Å². The van der Waals surface area contributed by atoms with Crippen molar-refractivity contribution in [2.45, 2.75) is 0 Å². The van der Waals surface area contributed by atoms with Gasteiger partial charge in [-0.3, -0.25) is 4.72 Å². The number of hydrogen-bond acceptors (Lipinski definition) is 4. The summed E-state index contributed by atoms with van der Waals surface area (Å²) in [5.74, 6) is 0. The van der Waals surface area contributed by atoms with Crippen LogP contribution in [0, 0.1) is 0 Å². The van der Waals surface area contributed by atoms with Crippen molar-refractivity contribution in [2.75, 3.05) is 12.5 Å². The van der Waals surface area contributed by atoms with E-state index in [1.54, 1.807) is 24.5 Å². The molecule has 4 nitrogen and oxygen atoms in total. The molecule has 17 heavy (non-hydrogen) atoms. The van der Waals surface area contributed by atoms with E-state index >= 15 is 0 Å². The minimum Gasteiger partial charge on any atom is -0.262 e. The normalized spacial score (nSPS) is 12.6. The number of hydrogen-bond donors (Lipinski definition) is 1. The summed E-state index contributed by atoms with van der Waals surface area (Å²) in [6.45, 7) is 0. The molecule has 0 amide bonds. The van der Waals surface area contributed by atoms with Crippen molar-refractivity contribution in [1.82, 2.24) is 4.72 Å². The first kappa shape index (κ1) is 14.6. The Morgan fingerprint density at radius 3 is 2.47 bits per heavy atom. The molecule has 0 saturated carbocycles. The van der Waals surface area contributed by atoms with Crippen LogP contribution in [0.3, 0.4) is 0 Å². The van der Waals surface area contributed by atoms with Crippen molar-refractivity contribution < 1.29 is 8.42 Å². The molecular formula is C9H10Cl2N2O2S2. The maximum absolute atomic E-state index is 11.1. The van der Waals surface area contributed by atoms with Gasteiger partial charge in [-0.25, -0.2) is 13.4 Å². The van der Waals surface area contributed by atoms with Crippen molar-refractivity contribution in [3.63, 3.8) is 0 Å². The number of nitrogens with zero attached hydrogens (tertiary/aromatic N) is 1. The summed E-state index contributed by atoms with van der Waals surface area (Å²) in [5.41, 5.74) is 0.528. The monoisotopic (exact) mass is 312 g/mol. The van der Waals surface area contributed by atoms with Gasteiger partial charge in [0.25, 0.3) is 0 Å². The number of rotatable bonds is 2. The van der Waals surface area contributed by atoms with E-state index in [0.29, 0.717) is 15.7 Å². The van der Waals surface area contributed by atoms with E-state index in [4.69, 9.17) is 23.2 Å². The Morgan fingerprint density at radius 2 is 2.00 bits per heavy atom. The number of nitrogens with one attached hydrogen (secondary N) is 1. The lowest BCUT2D eigenvalue weighted by molar-refractivity contribution is 0.599. The van der Waals surface area contributed by atoms with Crippen molar-refractivity contribution >= 4 is 55.8 Å². The van der Waals surface area contributed by atoms with Gasteiger partial charge in [-0.2, -0.15) is 0 Å². The number of thioether (sulfide) groups is 1. The molecule has 0 saturated heterocycles. The Balaban J connectivity index is 3.02. The first-order valence-electron chi connectivity index (χ1n) is 4.37. The second-order valence-corrected chi connectivity index (χ2v) is 6.45. The van der Waals surface area contributed by atoms with Crippen LogP contribution in [-0.4, -0.2) is 26.1 Å². The van der Waals surface area contributed by atoms with Crippen LogP contribution in [0.5, 0.6) is 0 Å². The topological polar surface area (TPSA) is 58.5 Å². The maximum Gasteiger partial charge on any atom is 0.231 e. The van der Waals surface area contributed by atoms with Gasteiger partial charge in [-0.15, -0.1) is 0 Å². The summed E-state index contributed by atoms with van der Waals surface area (Å²) in [6, 6.07) is 4.81. The molecule has 0 fully saturated rings. The molecular weight excluding hydrogens is 303 g/mol. The Bertz CT molecular complexity index is 544. The third kappa shape index (κ3) is 5.16. The van der Waals surface area contributed by atoms with Gasteiger partial charge in [0, 0.05) is 0 Å². The molecule has 0 aliphatic heterocycles. The standard InChI is InChI=1S/C9H10Cl2N2O2S2/c1-16-9(13-17(2,14)15)12-6-3-4-7(10)8(11)5-6/h3-5H,1-2H3,(H,12,13). The number of sulfonamides is 1. The van der Waals surface area contributed by atoms with Crippen molar-refractivity contribution in [2.24, 2.45) is 4.99 Å². The zero-order valence-corrected chi connectivity index (χ0v) is 12.2. The second-order valence-electron chi connectivity index (χ2n) is 3.09. The molecule has 0 aliphatic carbocycles. The third-order valence-electron chi connectivity index (χ3n) is 1.60. The first-order valence-corrected chi connectivity index (χ1v) is 8.24. The Morgan fingerprint density at radius 1 is 1.35 bits per heavy atom. The fraction of sp³-hybridized carbons (Fsp3) is 0.222. The van der Waals surface area contributed by atoms with Gasteiger partial charge < -0.3 is 0 Å². The van der Waals surface area contributed by atoms with Crippen LogP contribution < -0.4 is 4.72 Å². The highest BCUT2D eigenvalue weighted by Crippen LogP contribution is 2.27. The van der Waals surface area contributed by atoms with Gasteiger partial charge in [0.2, 0.25) is 10.0 Å².